The molecule has 0 saturated carbocycles. The maximum absolute atomic E-state index is 12.7. The fourth-order valence-corrected chi connectivity index (χ4v) is 5.25. The van der Waals surface area contributed by atoms with Gasteiger partial charge in [0.1, 0.15) is 0 Å². The molecule has 1 amide bonds. The number of piperazine rings is 1. The summed E-state index contributed by atoms with van der Waals surface area (Å²) in [6, 6.07) is 12.2. The Hall–Kier alpha value is -2.56. The highest BCUT2D eigenvalue weighted by atomic mass is 32.2. The lowest BCUT2D eigenvalue weighted by molar-refractivity contribution is -0.132. The van der Waals surface area contributed by atoms with Crippen molar-refractivity contribution in [3.05, 3.63) is 53.7 Å². The highest BCUT2D eigenvalue weighted by molar-refractivity contribution is 7.89. The first-order chi connectivity index (χ1) is 14.0. The van der Waals surface area contributed by atoms with Gasteiger partial charge in [0.2, 0.25) is 27.6 Å². The van der Waals surface area contributed by atoms with Crippen LogP contribution in [-0.4, -0.2) is 59.8 Å². The lowest BCUT2D eigenvalue weighted by Gasteiger charge is -2.34. The van der Waals surface area contributed by atoms with Crippen molar-refractivity contribution in [3.63, 3.8) is 0 Å². The number of rotatable bonds is 6. The van der Waals surface area contributed by atoms with Crippen LogP contribution in [0.1, 0.15) is 12.3 Å². The first-order valence-corrected chi connectivity index (χ1v) is 11.6. The van der Waals surface area contributed by atoms with Gasteiger partial charge in [-0.2, -0.15) is 9.29 Å². The summed E-state index contributed by atoms with van der Waals surface area (Å²) in [5.41, 5.74) is 0. The molecule has 0 atom stereocenters. The SMILES string of the molecule is O=C(CCc1nc(-c2cccs2)no1)N1CCN(S(=O)(=O)c2ccccc2)CC1. The van der Waals surface area contributed by atoms with E-state index in [4.69, 9.17) is 4.52 Å². The van der Waals surface area contributed by atoms with E-state index >= 15 is 0 Å². The molecular formula is C19H20N4O4S2. The smallest absolute Gasteiger partial charge is 0.243 e. The fourth-order valence-electron chi connectivity index (χ4n) is 3.15. The Labute approximate surface area is 172 Å². The Kier molecular flexibility index (Phi) is 5.74. The van der Waals surface area contributed by atoms with Gasteiger partial charge < -0.3 is 9.42 Å². The molecule has 0 N–H and O–H groups in total. The quantitative estimate of drug-likeness (QED) is 0.593. The van der Waals surface area contributed by atoms with Gasteiger partial charge in [-0.25, -0.2) is 8.42 Å². The lowest BCUT2D eigenvalue weighted by atomic mass is 10.2. The molecule has 1 saturated heterocycles. The third-order valence-corrected chi connectivity index (χ3v) is 7.51. The Morgan fingerprint density at radius 2 is 1.83 bits per heavy atom. The number of aryl methyl sites for hydroxylation is 1. The van der Waals surface area contributed by atoms with Crippen LogP contribution in [0.5, 0.6) is 0 Å². The van der Waals surface area contributed by atoms with Gasteiger partial charge in [0, 0.05) is 39.0 Å². The highest BCUT2D eigenvalue weighted by Gasteiger charge is 2.30. The molecule has 152 valence electrons. The number of hydrogen-bond donors (Lipinski definition) is 0. The second kappa shape index (κ2) is 8.44. The zero-order valence-corrected chi connectivity index (χ0v) is 17.2. The molecule has 29 heavy (non-hydrogen) atoms. The molecule has 1 fully saturated rings. The summed E-state index contributed by atoms with van der Waals surface area (Å²) in [6.07, 6.45) is 0.608. The molecule has 4 rings (SSSR count). The number of carbonyl (C=O) groups is 1. The van der Waals surface area contributed by atoms with Crippen LogP contribution in [-0.2, 0) is 21.2 Å². The van der Waals surface area contributed by atoms with E-state index in [0.717, 1.165) is 4.88 Å². The minimum Gasteiger partial charge on any atom is -0.340 e. The van der Waals surface area contributed by atoms with E-state index < -0.39 is 10.0 Å². The molecular weight excluding hydrogens is 412 g/mol. The van der Waals surface area contributed by atoms with Crippen molar-refractivity contribution in [1.82, 2.24) is 19.3 Å². The number of carbonyl (C=O) groups excluding carboxylic acids is 1. The Morgan fingerprint density at radius 3 is 2.52 bits per heavy atom. The second-order valence-corrected chi connectivity index (χ2v) is 9.47. The van der Waals surface area contributed by atoms with Crippen LogP contribution in [0.3, 0.4) is 0 Å². The van der Waals surface area contributed by atoms with E-state index in [0.29, 0.717) is 31.2 Å². The Bertz CT molecular complexity index is 1060. The van der Waals surface area contributed by atoms with E-state index in [1.807, 2.05) is 17.5 Å². The summed E-state index contributed by atoms with van der Waals surface area (Å²) in [4.78, 5) is 19.7. The third-order valence-electron chi connectivity index (χ3n) is 4.73. The van der Waals surface area contributed by atoms with Crippen LogP contribution in [0.15, 0.2) is 57.3 Å². The lowest BCUT2D eigenvalue weighted by Crippen LogP contribution is -2.50. The Morgan fingerprint density at radius 1 is 1.07 bits per heavy atom. The van der Waals surface area contributed by atoms with Crippen molar-refractivity contribution < 1.29 is 17.7 Å². The number of nitrogens with zero attached hydrogens (tertiary/aromatic N) is 4. The summed E-state index contributed by atoms with van der Waals surface area (Å²) in [5.74, 6) is 0.909. The largest absolute Gasteiger partial charge is 0.340 e. The van der Waals surface area contributed by atoms with Gasteiger partial charge in [-0.3, -0.25) is 4.79 Å². The van der Waals surface area contributed by atoms with E-state index in [1.54, 1.807) is 35.2 Å². The average molecular weight is 433 g/mol. The number of sulfonamides is 1. The minimum atomic E-state index is -3.52. The first kappa shape index (κ1) is 19.7. The number of benzene rings is 1. The van der Waals surface area contributed by atoms with E-state index in [9.17, 15) is 13.2 Å². The second-order valence-electron chi connectivity index (χ2n) is 6.59. The van der Waals surface area contributed by atoms with Crippen molar-refractivity contribution in [2.24, 2.45) is 0 Å². The van der Waals surface area contributed by atoms with Crippen LogP contribution >= 0.6 is 11.3 Å². The van der Waals surface area contributed by atoms with Crippen LogP contribution in [0, 0.1) is 0 Å². The summed E-state index contributed by atoms with van der Waals surface area (Å²) in [6.45, 7) is 1.31. The molecule has 2 aromatic heterocycles. The molecule has 0 radical (unpaired) electrons. The summed E-state index contributed by atoms with van der Waals surface area (Å²) < 4.78 is 32.0. The summed E-state index contributed by atoms with van der Waals surface area (Å²) in [5, 5.41) is 5.88. The van der Waals surface area contributed by atoms with Crippen molar-refractivity contribution in [3.8, 4) is 10.7 Å². The molecule has 0 spiro atoms. The molecule has 8 nitrogen and oxygen atoms in total. The topological polar surface area (TPSA) is 96.6 Å². The number of thiophene rings is 1. The summed E-state index contributed by atoms with van der Waals surface area (Å²) in [7, 11) is -3.52. The molecule has 0 aliphatic carbocycles. The van der Waals surface area contributed by atoms with Crippen molar-refractivity contribution in [1.29, 1.82) is 0 Å². The maximum Gasteiger partial charge on any atom is 0.243 e. The van der Waals surface area contributed by atoms with Crippen LogP contribution in [0.2, 0.25) is 0 Å². The van der Waals surface area contributed by atoms with E-state index in [1.165, 1.54) is 15.6 Å². The fraction of sp³-hybridized carbons (Fsp3) is 0.316. The monoisotopic (exact) mass is 432 g/mol. The summed E-state index contributed by atoms with van der Waals surface area (Å²) >= 11 is 1.52. The van der Waals surface area contributed by atoms with Gasteiger partial charge in [-0.15, -0.1) is 11.3 Å². The standard InChI is InChI=1S/C19H20N4O4S2/c24-18(9-8-17-20-19(21-27-17)16-7-4-14-28-16)22-10-12-23(13-11-22)29(25,26)15-5-2-1-3-6-15/h1-7,14H,8-13H2. The van der Waals surface area contributed by atoms with Gasteiger partial charge in [-0.05, 0) is 23.6 Å². The van der Waals surface area contributed by atoms with Crippen LogP contribution < -0.4 is 0 Å². The highest BCUT2D eigenvalue weighted by Crippen LogP contribution is 2.22. The van der Waals surface area contributed by atoms with Crippen molar-refractivity contribution >= 4 is 27.3 Å². The molecule has 1 aliphatic rings. The minimum absolute atomic E-state index is 0.0439. The molecule has 3 aromatic rings. The predicted molar refractivity (Wildman–Crippen MR) is 108 cm³/mol. The van der Waals surface area contributed by atoms with Crippen molar-refractivity contribution in [2.45, 2.75) is 17.7 Å². The predicted octanol–water partition coefficient (Wildman–Crippen LogP) is 2.26. The maximum atomic E-state index is 12.7. The number of hydrogen-bond acceptors (Lipinski definition) is 7. The first-order valence-electron chi connectivity index (χ1n) is 9.23. The molecule has 1 aliphatic heterocycles. The average Bonchev–Trinajstić information content (AvgIpc) is 3.44. The molecule has 1 aromatic carbocycles. The molecule has 10 heteroatoms. The van der Waals surface area contributed by atoms with Crippen molar-refractivity contribution in [2.75, 3.05) is 26.2 Å². The normalized spacial score (nSPS) is 15.5. The number of amides is 1. The Balaban J connectivity index is 1.29. The zero-order valence-electron chi connectivity index (χ0n) is 15.6. The zero-order chi connectivity index (χ0) is 20.3. The third kappa shape index (κ3) is 4.39. The van der Waals surface area contributed by atoms with Crippen LogP contribution in [0.25, 0.3) is 10.7 Å². The van der Waals surface area contributed by atoms with Gasteiger partial charge in [-0.1, -0.05) is 29.4 Å². The molecule has 0 bridgehead atoms. The van der Waals surface area contributed by atoms with Gasteiger partial charge in [0.05, 0.1) is 9.77 Å². The molecule has 0 unspecified atom stereocenters. The van der Waals surface area contributed by atoms with Crippen LogP contribution in [0.4, 0.5) is 0 Å². The van der Waals surface area contributed by atoms with Gasteiger partial charge in [0.15, 0.2) is 0 Å². The number of aromatic nitrogens is 2. The molecule has 3 heterocycles. The van der Waals surface area contributed by atoms with E-state index in [2.05, 4.69) is 10.1 Å². The van der Waals surface area contributed by atoms with Gasteiger partial charge in [0.25, 0.3) is 0 Å². The van der Waals surface area contributed by atoms with E-state index in [-0.39, 0.29) is 30.3 Å². The van der Waals surface area contributed by atoms with Gasteiger partial charge >= 0.3 is 0 Å².